The fraction of sp³-hybridized carbons (Fsp3) is 0.333. The van der Waals surface area contributed by atoms with Crippen molar-refractivity contribution in [2.45, 2.75) is 19.1 Å². The SMILES string of the molecule is CCOC(=O)C(NC=O)C(O)c1cc(Cl)ccc1Cl. The van der Waals surface area contributed by atoms with E-state index in [9.17, 15) is 14.7 Å². The molecule has 7 heteroatoms. The van der Waals surface area contributed by atoms with Crippen molar-refractivity contribution in [2.24, 2.45) is 0 Å². The van der Waals surface area contributed by atoms with Crippen molar-refractivity contribution in [3.05, 3.63) is 33.8 Å². The molecule has 1 rings (SSSR count). The Labute approximate surface area is 120 Å². The van der Waals surface area contributed by atoms with Crippen molar-refractivity contribution < 1.29 is 19.4 Å². The predicted octanol–water partition coefficient (Wildman–Crippen LogP) is 1.70. The number of rotatable bonds is 6. The number of ether oxygens (including phenoxy) is 1. The highest BCUT2D eigenvalue weighted by Gasteiger charge is 2.30. The number of halogens is 2. The highest BCUT2D eigenvalue weighted by molar-refractivity contribution is 6.33. The third-order valence-corrected chi connectivity index (χ3v) is 2.96. The van der Waals surface area contributed by atoms with Gasteiger partial charge in [-0.2, -0.15) is 0 Å². The molecule has 1 amide bonds. The van der Waals surface area contributed by atoms with Crippen LogP contribution in [0.3, 0.4) is 0 Å². The lowest BCUT2D eigenvalue weighted by Crippen LogP contribution is -2.42. The van der Waals surface area contributed by atoms with Crippen molar-refractivity contribution >= 4 is 35.6 Å². The van der Waals surface area contributed by atoms with Crippen molar-refractivity contribution in [2.75, 3.05) is 6.61 Å². The van der Waals surface area contributed by atoms with Crippen LogP contribution >= 0.6 is 23.2 Å². The molecule has 0 heterocycles. The van der Waals surface area contributed by atoms with E-state index in [0.717, 1.165) is 0 Å². The first-order valence-corrected chi connectivity index (χ1v) is 6.26. The maximum Gasteiger partial charge on any atom is 0.331 e. The molecule has 0 bridgehead atoms. The summed E-state index contributed by atoms with van der Waals surface area (Å²) in [6.45, 7) is 1.75. The van der Waals surface area contributed by atoms with Crippen LogP contribution in [-0.2, 0) is 14.3 Å². The number of hydrogen-bond acceptors (Lipinski definition) is 4. The van der Waals surface area contributed by atoms with Gasteiger partial charge in [0.25, 0.3) is 0 Å². The first kappa shape index (κ1) is 15.8. The highest BCUT2D eigenvalue weighted by atomic mass is 35.5. The minimum absolute atomic E-state index is 0.131. The molecule has 0 aliphatic carbocycles. The minimum atomic E-state index is -1.35. The molecule has 0 aliphatic rings. The van der Waals surface area contributed by atoms with Gasteiger partial charge in [0, 0.05) is 15.6 Å². The largest absolute Gasteiger partial charge is 0.464 e. The summed E-state index contributed by atoms with van der Waals surface area (Å²) in [6, 6.07) is 3.22. The summed E-state index contributed by atoms with van der Waals surface area (Å²) in [4.78, 5) is 22.2. The van der Waals surface area contributed by atoms with Crippen molar-refractivity contribution in [1.29, 1.82) is 0 Å². The molecule has 104 valence electrons. The van der Waals surface area contributed by atoms with Gasteiger partial charge in [-0.15, -0.1) is 0 Å². The number of carbonyl (C=O) groups excluding carboxylic acids is 2. The first-order valence-electron chi connectivity index (χ1n) is 5.50. The van der Waals surface area contributed by atoms with E-state index in [1.165, 1.54) is 12.1 Å². The lowest BCUT2D eigenvalue weighted by Gasteiger charge is -2.21. The van der Waals surface area contributed by atoms with E-state index in [1.807, 2.05) is 0 Å². The maximum atomic E-state index is 11.7. The first-order chi connectivity index (χ1) is 9.01. The normalized spacial score (nSPS) is 13.5. The molecule has 2 unspecified atom stereocenters. The average molecular weight is 306 g/mol. The number of amides is 1. The third kappa shape index (κ3) is 4.09. The van der Waals surface area contributed by atoms with Crippen molar-refractivity contribution in [3.8, 4) is 0 Å². The second kappa shape index (κ2) is 7.33. The molecule has 0 saturated heterocycles. The van der Waals surface area contributed by atoms with Gasteiger partial charge >= 0.3 is 5.97 Å². The maximum absolute atomic E-state index is 11.7. The van der Waals surface area contributed by atoms with Crippen molar-refractivity contribution in [1.82, 2.24) is 5.32 Å². The molecular weight excluding hydrogens is 293 g/mol. The Kier molecular flexibility index (Phi) is 6.08. The van der Waals surface area contributed by atoms with Crippen LogP contribution in [0.4, 0.5) is 0 Å². The van der Waals surface area contributed by atoms with Gasteiger partial charge in [0.2, 0.25) is 6.41 Å². The third-order valence-electron chi connectivity index (χ3n) is 2.38. The number of aliphatic hydroxyl groups excluding tert-OH is 1. The van der Waals surface area contributed by atoms with Gasteiger partial charge in [0.05, 0.1) is 6.61 Å². The van der Waals surface area contributed by atoms with Gasteiger partial charge in [0.15, 0.2) is 6.04 Å². The Morgan fingerprint density at radius 2 is 2.21 bits per heavy atom. The van der Waals surface area contributed by atoms with Gasteiger partial charge in [-0.05, 0) is 25.1 Å². The number of aliphatic hydroxyl groups is 1. The zero-order chi connectivity index (χ0) is 14.4. The van der Waals surface area contributed by atoms with Gasteiger partial charge in [-0.3, -0.25) is 4.79 Å². The van der Waals surface area contributed by atoms with Crippen LogP contribution < -0.4 is 5.32 Å². The standard InChI is InChI=1S/C12H13Cl2NO4/c1-2-19-12(18)10(15-6-16)11(17)8-5-7(13)3-4-9(8)14/h3-6,10-11,17H,2H2,1H3,(H,15,16). The number of hydrogen-bond donors (Lipinski definition) is 2. The Morgan fingerprint density at radius 3 is 2.79 bits per heavy atom. The topological polar surface area (TPSA) is 75.6 Å². The Bertz CT molecular complexity index is 467. The Morgan fingerprint density at radius 1 is 1.53 bits per heavy atom. The molecule has 0 aliphatic heterocycles. The molecule has 1 aromatic carbocycles. The van der Waals surface area contributed by atoms with E-state index in [2.05, 4.69) is 5.32 Å². The molecule has 5 nitrogen and oxygen atoms in total. The lowest BCUT2D eigenvalue weighted by atomic mass is 10.0. The van der Waals surface area contributed by atoms with Crippen LogP contribution in [0.2, 0.25) is 10.0 Å². The quantitative estimate of drug-likeness (QED) is 0.619. The Balaban J connectivity index is 3.04. The van der Waals surface area contributed by atoms with E-state index >= 15 is 0 Å². The molecule has 19 heavy (non-hydrogen) atoms. The molecule has 2 N–H and O–H groups in total. The fourth-order valence-electron chi connectivity index (χ4n) is 1.51. The van der Waals surface area contributed by atoms with Gasteiger partial charge in [-0.25, -0.2) is 4.79 Å². The zero-order valence-electron chi connectivity index (χ0n) is 10.1. The average Bonchev–Trinajstić information content (AvgIpc) is 2.38. The highest BCUT2D eigenvalue weighted by Crippen LogP contribution is 2.28. The summed E-state index contributed by atoms with van der Waals surface area (Å²) >= 11 is 11.7. The second-order valence-corrected chi connectivity index (χ2v) is 4.47. The van der Waals surface area contributed by atoms with E-state index in [0.29, 0.717) is 11.4 Å². The van der Waals surface area contributed by atoms with E-state index in [-0.39, 0.29) is 17.2 Å². The fourth-order valence-corrected chi connectivity index (χ4v) is 1.92. The minimum Gasteiger partial charge on any atom is -0.464 e. The van der Waals surface area contributed by atoms with Crippen LogP contribution in [0, 0.1) is 0 Å². The van der Waals surface area contributed by atoms with Crippen LogP contribution in [-0.4, -0.2) is 30.1 Å². The van der Waals surface area contributed by atoms with E-state index < -0.39 is 18.1 Å². The van der Waals surface area contributed by atoms with Crippen LogP contribution in [0.1, 0.15) is 18.6 Å². The van der Waals surface area contributed by atoms with Gasteiger partial charge < -0.3 is 15.2 Å². The summed E-state index contributed by atoms with van der Waals surface area (Å²) < 4.78 is 4.77. The zero-order valence-corrected chi connectivity index (χ0v) is 11.6. The van der Waals surface area contributed by atoms with Gasteiger partial charge in [-0.1, -0.05) is 23.2 Å². The van der Waals surface area contributed by atoms with Crippen LogP contribution in [0.25, 0.3) is 0 Å². The van der Waals surface area contributed by atoms with E-state index in [1.54, 1.807) is 13.0 Å². The number of benzene rings is 1. The monoisotopic (exact) mass is 305 g/mol. The summed E-state index contributed by atoms with van der Waals surface area (Å²) in [5.74, 6) is -0.752. The summed E-state index contributed by atoms with van der Waals surface area (Å²) in [5.41, 5.74) is 0.238. The van der Waals surface area contributed by atoms with Crippen LogP contribution in [0.5, 0.6) is 0 Å². The van der Waals surface area contributed by atoms with E-state index in [4.69, 9.17) is 27.9 Å². The molecule has 2 atom stereocenters. The second-order valence-electron chi connectivity index (χ2n) is 3.62. The smallest absolute Gasteiger partial charge is 0.331 e. The number of carbonyl (C=O) groups is 2. The molecular formula is C12H13Cl2NO4. The summed E-state index contributed by atoms with van der Waals surface area (Å²) in [6.07, 6.45) is -1.04. The van der Waals surface area contributed by atoms with Crippen molar-refractivity contribution in [3.63, 3.8) is 0 Å². The number of nitrogens with one attached hydrogen (secondary N) is 1. The van der Waals surface area contributed by atoms with Gasteiger partial charge in [0.1, 0.15) is 6.10 Å². The lowest BCUT2D eigenvalue weighted by molar-refractivity contribution is -0.149. The molecule has 0 fully saturated rings. The summed E-state index contributed by atoms with van der Waals surface area (Å²) in [7, 11) is 0. The molecule has 0 radical (unpaired) electrons. The summed E-state index contributed by atoms with van der Waals surface area (Å²) in [5, 5.41) is 12.9. The molecule has 0 saturated carbocycles. The molecule has 1 aromatic rings. The number of esters is 1. The Hall–Kier alpha value is -1.30. The molecule has 0 spiro atoms. The van der Waals surface area contributed by atoms with Crippen LogP contribution in [0.15, 0.2) is 18.2 Å². The molecule has 0 aromatic heterocycles. The predicted molar refractivity (Wildman–Crippen MR) is 71.0 cm³/mol.